The number of carbonyl (C=O) groups excluding carboxylic acids is 1. The summed E-state index contributed by atoms with van der Waals surface area (Å²) in [6, 6.07) is 9.39. The molecular formula is C17H22N2O6S. The normalized spacial score (nSPS) is 11.7. The number of amides is 1. The van der Waals surface area contributed by atoms with E-state index in [1.54, 1.807) is 18.4 Å². The Kier molecular flexibility index (Phi) is 7.34. The maximum absolute atomic E-state index is 12.2. The zero-order valence-electron chi connectivity index (χ0n) is 14.7. The fourth-order valence-electron chi connectivity index (χ4n) is 2.09. The first kappa shape index (κ1) is 20.1. The predicted molar refractivity (Wildman–Crippen MR) is 93.7 cm³/mol. The van der Waals surface area contributed by atoms with Crippen molar-refractivity contribution >= 4 is 15.9 Å². The molecule has 0 unspecified atom stereocenters. The van der Waals surface area contributed by atoms with Crippen LogP contribution in [-0.2, 0) is 26.2 Å². The van der Waals surface area contributed by atoms with Gasteiger partial charge in [0, 0.05) is 25.8 Å². The summed E-state index contributed by atoms with van der Waals surface area (Å²) in [6.07, 6.45) is 2.20. The van der Waals surface area contributed by atoms with Crippen LogP contribution in [0.2, 0.25) is 0 Å². The van der Waals surface area contributed by atoms with E-state index in [2.05, 4.69) is 5.32 Å². The highest BCUT2D eigenvalue weighted by atomic mass is 32.2. The lowest BCUT2D eigenvalue weighted by molar-refractivity contribution is -0.0258. The standard InChI is InChI=1S/C17H22N2O6S/c1-19(23-2)26(21,22)16-8-3-6-14(12-16)17(20)18-9-5-10-24-13-15-7-4-11-25-15/h3-4,6-8,11-12H,5,9-10,13H2,1-2H3,(H,18,20). The van der Waals surface area contributed by atoms with E-state index in [4.69, 9.17) is 14.0 Å². The Balaban J connectivity index is 1.81. The molecule has 0 spiro atoms. The van der Waals surface area contributed by atoms with Crippen LogP contribution in [0.15, 0.2) is 52.0 Å². The number of nitrogens with zero attached hydrogens (tertiary/aromatic N) is 1. The largest absolute Gasteiger partial charge is 0.467 e. The molecule has 1 N–H and O–H groups in total. The van der Waals surface area contributed by atoms with Gasteiger partial charge < -0.3 is 14.5 Å². The molecule has 0 bridgehead atoms. The molecule has 0 aliphatic carbocycles. The Morgan fingerprint density at radius 2 is 2.08 bits per heavy atom. The molecule has 9 heteroatoms. The van der Waals surface area contributed by atoms with E-state index < -0.39 is 10.0 Å². The number of hydrogen-bond donors (Lipinski definition) is 1. The lowest BCUT2D eigenvalue weighted by Crippen LogP contribution is -2.27. The van der Waals surface area contributed by atoms with Crippen LogP contribution in [0.1, 0.15) is 22.5 Å². The number of benzene rings is 1. The molecule has 1 aromatic carbocycles. The van der Waals surface area contributed by atoms with Crippen LogP contribution in [0, 0.1) is 0 Å². The molecule has 0 radical (unpaired) electrons. The monoisotopic (exact) mass is 382 g/mol. The van der Waals surface area contributed by atoms with Crippen LogP contribution in [0.25, 0.3) is 0 Å². The van der Waals surface area contributed by atoms with Crippen LogP contribution in [0.3, 0.4) is 0 Å². The SMILES string of the molecule is CON(C)S(=O)(=O)c1cccc(C(=O)NCCCOCc2ccco2)c1. The molecule has 0 aliphatic rings. The van der Waals surface area contributed by atoms with E-state index in [1.165, 1.54) is 32.4 Å². The van der Waals surface area contributed by atoms with E-state index in [0.29, 0.717) is 26.2 Å². The topological polar surface area (TPSA) is 98.1 Å². The van der Waals surface area contributed by atoms with Crippen LogP contribution < -0.4 is 5.32 Å². The van der Waals surface area contributed by atoms with Gasteiger partial charge in [-0.05, 0) is 36.8 Å². The van der Waals surface area contributed by atoms with Crippen molar-refractivity contribution in [1.29, 1.82) is 0 Å². The zero-order valence-corrected chi connectivity index (χ0v) is 15.5. The number of hydrogen-bond acceptors (Lipinski definition) is 6. The Morgan fingerprint density at radius 3 is 2.77 bits per heavy atom. The summed E-state index contributed by atoms with van der Waals surface area (Å²) in [6.45, 7) is 1.26. The van der Waals surface area contributed by atoms with Gasteiger partial charge in [0.1, 0.15) is 12.4 Å². The average Bonchev–Trinajstić information content (AvgIpc) is 3.17. The predicted octanol–water partition coefficient (Wildman–Crippen LogP) is 1.80. The first-order chi connectivity index (χ1) is 12.4. The minimum atomic E-state index is -3.80. The molecule has 0 saturated heterocycles. The number of rotatable bonds is 10. The first-order valence-electron chi connectivity index (χ1n) is 7.96. The number of sulfonamides is 1. The van der Waals surface area contributed by atoms with Crippen LogP contribution in [0.5, 0.6) is 0 Å². The Morgan fingerprint density at radius 1 is 1.27 bits per heavy atom. The van der Waals surface area contributed by atoms with Crippen molar-refractivity contribution in [3.63, 3.8) is 0 Å². The smallest absolute Gasteiger partial charge is 0.264 e. The lowest BCUT2D eigenvalue weighted by atomic mass is 10.2. The summed E-state index contributed by atoms with van der Waals surface area (Å²) < 4.78 is 35.7. The molecule has 2 rings (SSSR count). The van der Waals surface area contributed by atoms with Crippen molar-refractivity contribution in [3.8, 4) is 0 Å². The van der Waals surface area contributed by atoms with Crippen molar-refractivity contribution in [2.75, 3.05) is 27.3 Å². The highest BCUT2D eigenvalue weighted by Gasteiger charge is 2.21. The third kappa shape index (κ3) is 5.40. The van der Waals surface area contributed by atoms with Gasteiger partial charge >= 0.3 is 0 Å². The van der Waals surface area contributed by atoms with Crippen molar-refractivity contribution < 1.29 is 27.2 Å². The van der Waals surface area contributed by atoms with Gasteiger partial charge in [0.15, 0.2) is 0 Å². The molecule has 1 amide bonds. The molecule has 8 nitrogen and oxygen atoms in total. The summed E-state index contributed by atoms with van der Waals surface area (Å²) in [7, 11) is -1.26. The lowest BCUT2D eigenvalue weighted by Gasteiger charge is -2.14. The van der Waals surface area contributed by atoms with Gasteiger partial charge in [0.2, 0.25) is 0 Å². The van der Waals surface area contributed by atoms with Crippen molar-refractivity contribution in [2.24, 2.45) is 0 Å². The minimum absolute atomic E-state index is 0.0173. The molecule has 0 atom stereocenters. The first-order valence-corrected chi connectivity index (χ1v) is 9.40. The third-order valence-electron chi connectivity index (χ3n) is 3.57. The van der Waals surface area contributed by atoms with Crippen molar-refractivity contribution in [2.45, 2.75) is 17.9 Å². The van der Waals surface area contributed by atoms with E-state index in [-0.39, 0.29) is 16.4 Å². The van der Waals surface area contributed by atoms with Gasteiger partial charge in [0.25, 0.3) is 15.9 Å². The van der Waals surface area contributed by atoms with Crippen LogP contribution >= 0.6 is 0 Å². The highest BCUT2D eigenvalue weighted by Crippen LogP contribution is 2.16. The van der Waals surface area contributed by atoms with Gasteiger partial charge in [-0.1, -0.05) is 10.5 Å². The molecule has 1 heterocycles. The molecule has 1 aromatic heterocycles. The summed E-state index contributed by atoms with van der Waals surface area (Å²) in [5, 5.41) is 2.73. The molecule has 26 heavy (non-hydrogen) atoms. The zero-order chi connectivity index (χ0) is 19.0. The van der Waals surface area contributed by atoms with Crippen molar-refractivity contribution in [3.05, 3.63) is 54.0 Å². The number of hydroxylamine groups is 1. The fraction of sp³-hybridized carbons (Fsp3) is 0.353. The Bertz CT molecular complexity index is 804. The van der Waals surface area contributed by atoms with Crippen molar-refractivity contribution in [1.82, 2.24) is 9.79 Å². The van der Waals surface area contributed by atoms with E-state index in [1.807, 2.05) is 6.07 Å². The molecule has 0 saturated carbocycles. The minimum Gasteiger partial charge on any atom is -0.467 e. The number of furan rings is 1. The second-order valence-corrected chi connectivity index (χ2v) is 7.30. The fourth-order valence-corrected chi connectivity index (χ4v) is 3.11. The van der Waals surface area contributed by atoms with Gasteiger partial charge in [0.05, 0.1) is 18.3 Å². The van der Waals surface area contributed by atoms with E-state index in [0.717, 1.165) is 10.2 Å². The summed E-state index contributed by atoms with van der Waals surface area (Å²) >= 11 is 0. The highest BCUT2D eigenvalue weighted by molar-refractivity contribution is 7.89. The van der Waals surface area contributed by atoms with Gasteiger partial charge in [-0.25, -0.2) is 8.42 Å². The van der Waals surface area contributed by atoms with E-state index >= 15 is 0 Å². The number of carbonyl (C=O) groups is 1. The second-order valence-electron chi connectivity index (χ2n) is 5.37. The maximum atomic E-state index is 12.2. The molecule has 0 fully saturated rings. The number of ether oxygens (including phenoxy) is 1. The van der Waals surface area contributed by atoms with Gasteiger partial charge in [-0.15, -0.1) is 0 Å². The molecule has 0 aliphatic heterocycles. The van der Waals surface area contributed by atoms with Crippen LogP contribution in [0.4, 0.5) is 0 Å². The summed E-state index contributed by atoms with van der Waals surface area (Å²) in [4.78, 5) is 16.9. The number of nitrogens with one attached hydrogen (secondary N) is 1. The van der Waals surface area contributed by atoms with Gasteiger partial charge in [-0.3, -0.25) is 9.63 Å². The third-order valence-corrected chi connectivity index (χ3v) is 5.24. The maximum Gasteiger partial charge on any atom is 0.264 e. The van der Waals surface area contributed by atoms with E-state index in [9.17, 15) is 13.2 Å². The summed E-state index contributed by atoms with van der Waals surface area (Å²) in [5.74, 6) is 0.390. The quantitative estimate of drug-likeness (QED) is 0.497. The summed E-state index contributed by atoms with van der Waals surface area (Å²) in [5.41, 5.74) is 0.257. The van der Waals surface area contributed by atoms with Gasteiger partial charge in [-0.2, -0.15) is 0 Å². The Labute approximate surface area is 152 Å². The molecule has 142 valence electrons. The molecule has 2 aromatic rings. The average molecular weight is 382 g/mol. The Hall–Kier alpha value is -2.20. The van der Waals surface area contributed by atoms with Crippen LogP contribution in [-0.4, -0.2) is 46.1 Å². The molecular weight excluding hydrogens is 360 g/mol. The second kappa shape index (κ2) is 9.48.